The second kappa shape index (κ2) is 12.7. The van der Waals surface area contributed by atoms with Gasteiger partial charge in [0.25, 0.3) is 0 Å². The minimum Gasteiger partial charge on any atom is -0.489 e. The van der Waals surface area contributed by atoms with Gasteiger partial charge in [-0.3, -0.25) is 0 Å². The number of hydrogen-bond donors (Lipinski definition) is 0. The zero-order chi connectivity index (χ0) is 28.8. The predicted octanol–water partition coefficient (Wildman–Crippen LogP) is 6.50. The average Bonchev–Trinajstić information content (AvgIpc) is 2.95. The maximum atomic E-state index is 12.7. The van der Waals surface area contributed by atoms with E-state index in [9.17, 15) is 13.7 Å². The molecule has 0 saturated carbocycles. The van der Waals surface area contributed by atoms with E-state index in [4.69, 9.17) is 32.7 Å². The molecule has 0 amide bonds. The minimum absolute atomic E-state index is 0.147. The third kappa shape index (κ3) is 6.92. The van der Waals surface area contributed by atoms with Crippen LogP contribution in [0.5, 0.6) is 11.5 Å². The van der Waals surface area contributed by atoms with Gasteiger partial charge >= 0.3 is 0 Å². The van der Waals surface area contributed by atoms with Crippen LogP contribution in [-0.4, -0.2) is 30.9 Å². The number of benzene rings is 3. The van der Waals surface area contributed by atoms with Gasteiger partial charge in [-0.25, -0.2) is 18.4 Å². The van der Waals surface area contributed by atoms with Gasteiger partial charge in [-0.15, -0.1) is 11.6 Å². The highest BCUT2D eigenvalue weighted by molar-refractivity contribution is 7.90. The van der Waals surface area contributed by atoms with Crippen molar-refractivity contribution in [2.24, 2.45) is 0 Å². The highest BCUT2D eigenvalue weighted by atomic mass is 35.5. The van der Waals surface area contributed by atoms with Crippen molar-refractivity contribution in [1.82, 2.24) is 9.97 Å². The van der Waals surface area contributed by atoms with Crippen LogP contribution in [0.3, 0.4) is 0 Å². The lowest BCUT2D eigenvalue weighted by atomic mass is 9.77. The Morgan fingerprint density at radius 2 is 1.70 bits per heavy atom. The fourth-order valence-electron chi connectivity index (χ4n) is 4.09. The Labute approximate surface area is 244 Å². The Kier molecular flexibility index (Phi) is 9.31. The second-order valence-electron chi connectivity index (χ2n) is 9.46. The molecule has 0 spiro atoms. The number of rotatable bonds is 11. The van der Waals surface area contributed by atoms with Crippen molar-refractivity contribution in [1.29, 1.82) is 5.26 Å². The largest absolute Gasteiger partial charge is 0.489 e. The molecule has 1 heterocycles. The van der Waals surface area contributed by atoms with Gasteiger partial charge in [-0.2, -0.15) is 5.26 Å². The summed E-state index contributed by atoms with van der Waals surface area (Å²) < 4.78 is 36.8. The number of sulfone groups is 1. The number of hydrogen-bond acceptors (Lipinski definition) is 7. The Hall–Kier alpha value is -3.64. The first-order valence-corrected chi connectivity index (χ1v) is 15.0. The van der Waals surface area contributed by atoms with Crippen molar-refractivity contribution in [2.75, 3.05) is 12.5 Å². The molecule has 0 N–H and O–H groups in total. The molecule has 7 nitrogen and oxygen atoms in total. The van der Waals surface area contributed by atoms with E-state index in [0.717, 1.165) is 11.1 Å². The zero-order valence-electron chi connectivity index (χ0n) is 22.0. The third-order valence-electron chi connectivity index (χ3n) is 6.36. The molecule has 0 aliphatic carbocycles. The summed E-state index contributed by atoms with van der Waals surface area (Å²) >= 11 is 12.2. The normalized spacial score (nSPS) is 11.6. The first kappa shape index (κ1) is 29.3. The topological polar surface area (TPSA) is 102 Å². The summed E-state index contributed by atoms with van der Waals surface area (Å²) in [5.74, 6) is 1.15. The van der Waals surface area contributed by atoms with E-state index in [1.165, 1.54) is 6.20 Å². The highest BCUT2D eigenvalue weighted by Gasteiger charge is 2.26. The lowest BCUT2D eigenvalue weighted by Gasteiger charge is -2.27. The quantitative estimate of drug-likeness (QED) is 0.182. The third-order valence-corrected chi connectivity index (χ3v) is 8.42. The highest BCUT2D eigenvalue weighted by Crippen LogP contribution is 2.38. The van der Waals surface area contributed by atoms with Gasteiger partial charge < -0.3 is 9.47 Å². The van der Waals surface area contributed by atoms with E-state index in [1.807, 2.05) is 38.1 Å². The van der Waals surface area contributed by atoms with Crippen LogP contribution >= 0.6 is 23.2 Å². The fourth-order valence-corrected chi connectivity index (χ4v) is 5.66. The average molecular weight is 597 g/mol. The predicted molar refractivity (Wildman–Crippen MR) is 155 cm³/mol. The van der Waals surface area contributed by atoms with E-state index in [2.05, 4.69) is 16.0 Å². The van der Waals surface area contributed by atoms with E-state index in [-0.39, 0.29) is 35.6 Å². The van der Waals surface area contributed by atoms with E-state index < -0.39 is 15.3 Å². The molecule has 4 rings (SSSR count). The number of aromatic nitrogens is 2. The van der Waals surface area contributed by atoms with Gasteiger partial charge in [0.15, 0.2) is 15.6 Å². The molecule has 0 radical (unpaired) electrons. The van der Waals surface area contributed by atoms with Crippen LogP contribution < -0.4 is 9.47 Å². The summed E-state index contributed by atoms with van der Waals surface area (Å²) in [6.45, 7) is 4.49. The van der Waals surface area contributed by atoms with Crippen molar-refractivity contribution < 1.29 is 17.9 Å². The summed E-state index contributed by atoms with van der Waals surface area (Å²) in [4.78, 5) is 8.72. The van der Waals surface area contributed by atoms with Crippen LogP contribution in [-0.2, 0) is 27.6 Å². The summed E-state index contributed by atoms with van der Waals surface area (Å²) in [6.07, 6.45) is 1.53. The van der Waals surface area contributed by atoms with Gasteiger partial charge in [0.1, 0.15) is 36.6 Å². The fraction of sp³-hybridized carbons (Fsp3) is 0.233. The lowest BCUT2D eigenvalue weighted by molar-refractivity contribution is 0.300. The first-order chi connectivity index (χ1) is 19.1. The first-order valence-electron chi connectivity index (χ1n) is 12.4. The van der Waals surface area contributed by atoms with Crippen molar-refractivity contribution >= 4 is 33.0 Å². The molecule has 0 aliphatic rings. The number of nitrogens with zero attached hydrogens (tertiary/aromatic N) is 3. The Balaban J connectivity index is 1.45. The summed E-state index contributed by atoms with van der Waals surface area (Å²) in [5.41, 5.74) is 2.30. The van der Waals surface area contributed by atoms with E-state index >= 15 is 0 Å². The molecule has 4 aromatic rings. The Morgan fingerprint density at radius 3 is 2.38 bits per heavy atom. The van der Waals surface area contributed by atoms with Crippen LogP contribution in [0.2, 0.25) is 5.02 Å². The standard InChI is InChI=1S/C30H27Cl2N3O4S/c1-30(2,23-16-21(18-33)29(27(32)17-23)38-15-13-31)22-8-10-25(11-9-22)39-19-24-12-14-34-28(35-24)20-40(36,37)26-6-4-3-5-7-26/h3-12,14,16-17H,13,15,19-20H2,1-2H3. The van der Waals surface area contributed by atoms with Crippen LogP contribution in [0.1, 0.15) is 42.1 Å². The van der Waals surface area contributed by atoms with Crippen LogP contribution in [0.25, 0.3) is 0 Å². The molecular weight excluding hydrogens is 569 g/mol. The molecule has 10 heteroatoms. The van der Waals surface area contributed by atoms with Crippen molar-refractivity contribution in [3.05, 3.63) is 112 Å². The number of halogens is 2. The molecule has 0 unspecified atom stereocenters. The SMILES string of the molecule is CC(C)(c1ccc(OCc2ccnc(CS(=O)(=O)c3ccccc3)n2)cc1)c1cc(Cl)c(OCCCl)c(C#N)c1. The van der Waals surface area contributed by atoms with Crippen LogP contribution in [0.15, 0.2) is 83.9 Å². The number of alkyl halides is 1. The molecule has 40 heavy (non-hydrogen) atoms. The van der Waals surface area contributed by atoms with Crippen molar-refractivity contribution in [2.45, 2.75) is 36.5 Å². The maximum absolute atomic E-state index is 12.7. The molecular formula is C30H27Cl2N3O4S. The molecule has 0 atom stereocenters. The van der Waals surface area contributed by atoms with Crippen LogP contribution in [0.4, 0.5) is 0 Å². The molecule has 0 aliphatic heterocycles. The smallest absolute Gasteiger partial charge is 0.185 e. The van der Waals surface area contributed by atoms with Gasteiger partial charge in [-0.1, -0.05) is 55.8 Å². The van der Waals surface area contributed by atoms with Gasteiger partial charge in [-0.05, 0) is 53.6 Å². The van der Waals surface area contributed by atoms with Crippen LogP contribution in [0, 0.1) is 11.3 Å². The molecule has 0 saturated heterocycles. The van der Waals surface area contributed by atoms with Crippen molar-refractivity contribution in [3.8, 4) is 17.6 Å². The van der Waals surface area contributed by atoms with Gasteiger partial charge in [0.2, 0.25) is 0 Å². The summed E-state index contributed by atoms with van der Waals surface area (Å²) in [7, 11) is -3.56. The second-order valence-corrected chi connectivity index (χ2v) is 12.2. The molecule has 0 bridgehead atoms. The Morgan fingerprint density at radius 1 is 0.975 bits per heavy atom. The number of ether oxygens (including phenoxy) is 2. The van der Waals surface area contributed by atoms with Gasteiger partial charge in [0.05, 0.1) is 27.1 Å². The minimum atomic E-state index is -3.56. The van der Waals surface area contributed by atoms with Crippen molar-refractivity contribution in [3.63, 3.8) is 0 Å². The number of nitriles is 1. The molecule has 3 aromatic carbocycles. The summed E-state index contributed by atoms with van der Waals surface area (Å²) in [6, 6.07) is 23.3. The molecule has 0 fully saturated rings. The van der Waals surface area contributed by atoms with E-state index in [0.29, 0.717) is 27.8 Å². The van der Waals surface area contributed by atoms with E-state index in [1.54, 1.807) is 48.5 Å². The Bertz CT molecular complexity index is 1620. The molecule has 206 valence electrons. The molecule has 1 aromatic heterocycles. The lowest BCUT2D eigenvalue weighted by Crippen LogP contribution is -2.19. The van der Waals surface area contributed by atoms with Gasteiger partial charge in [0, 0.05) is 11.6 Å². The maximum Gasteiger partial charge on any atom is 0.185 e. The zero-order valence-corrected chi connectivity index (χ0v) is 24.3. The monoisotopic (exact) mass is 595 g/mol. The summed E-state index contributed by atoms with van der Waals surface area (Å²) in [5, 5.41) is 9.99.